The van der Waals surface area contributed by atoms with Crippen LogP contribution in [0.4, 0.5) is 5.69 Å². The molecule has 0 aliphatic heterocycles. The van der Waals surface area contributed by atoms with Gasteiger partial charge in [-0.3, -0.25) is 0 Å². The van der Waals surface area contributed by atoms with E-state index in [1.54, 1.807) is 0 Å². The molecule has 4 heteroatoms. The zero-order valence-electron chi connectivity index (χ0n) is 17.6. The highest BCUT2D eigenvalue weighted by Gasteiger charge is 2.10. The fourth-order valence-corrected chi connectivity index (χ4v) is 3.94. The van der Waals surface area contributed by atoms with Gasteiger partial charge in [0.25, 0.3) is 0 Å². The summed E-state index contributed by atoms with van der Waals surface area (Å²) >= 11 is 12.2. The quantitative estimate of drug-likeness (QED) is 0.296. The van der Waals surface area contributed by atoms with Crippen LogP contribution in [0.1, 0.15) is 13.8 Å². The van der Waals surface area contributed by atoms with Crippen molar-refractivity contribution in [3.8, 4) is 33.6 Å². The van der Waals surface area contributed by atoms with Gasteiger partial charge in [-0.25, -0.2) is 4.98 Å². The summed E-state index contributed by atoms with van der Waals surface area (Å²) in [5.41, 5.74) is 7.39. The molecule has 1 heterocycles. The van der Waals surface area contributed by atoms with Crippen LogP contribution in [-0.2, 0) is 0 Å². The van der Waals surface area contributed by atoms with Gasteiger partial charge in [0.2, 0.25) is 0 Å². The lowest BCUT2D eigenvalue weighted by Crippen LogP contribution is -2.21. The standard InChI is InChI=1S/C27H24Cl2N2/c1-3-31(4-2)25-15-9-19(10-16-25)22-17-26(20-5-11-23(28)12-6-20)30-27(18-22)21-7-13-24(29)14-8-21/h5-18H,3-4H2,1-2H3. The Labute approximate surface area is 194 Å². The van der Waals surface area contributed by atoms with Gasteiger partial charge in [-0.15, -0.1) is 0 Å². The van der Waals surface area contributed by atoms with Crippen molar-refractivity contribution in [3.63, 3.8) is 0 Å². The molecule has 0 saturated heterocycles. The first-order chi connectivity index (χ1) is 15.1. The van der Waals surface area contributed by atoms with Crippen LogP contribution in [-0.4, -0.2) is 18.1 Å². The van der Waals surface area contributed by atoms with Crippen LogP contribution in [0, 0.1) is 0 Å². The molecule has 156 valence electrons. The molecule has 0 fully saturated rings. The van der Waals surface area contributed by atoms with Gasteiger partial charge in [-0.1, -0.05) is 59.6 Å². The first-order valence-electron chi connectivity index (χ1n) is 10.5. The van der Waals surface area contributed by atoms with Crippen LogP contribution in [0.5, 0.6) is 0 Å². The molecular weight excluding hydrogens is 423 g/mol. The highest BCUT2D eigenvalue weighted by atomic mass is 35.5. The van der Waals surface area contributed by atoms with E-state index in [9.17, 15) is 0 Å². The molecule has 0 atom stereocenters. The minimum absolute atomic E-state index is 0.713. The minimum atomic E-state index is 0.713. The van der Waals surface area contributed by atoms with E-state index in [1.165, 1.54) is 5.69 Å². The van der Waals surface area contributed by atoms with Crippen molar-refractivity contribution < 1.29 is 0 Å². The summed E-state index contributed by atoms with van der Waals surface area (Å²) in [7, 11) is 0. The van der Waals surface area contributed by atoms with Crippen molar-refractivity contribution in [3.05, 3.63) is 95.0 Å². The topological polar surface area (TPSA) is 16.1 Å². The SMILES string of the molecule is CCN(CC)c1ccc(-c2cc(-c3ccc(Cl)cc3)nc(-c3ccc(Cl)cc3)c2)cc1. The number of aromatic nitrogens is 1. The summed E-state index contributed by atoms with van der Waals surface area (Å²) in [6, 6.07) is 28.6. The number of halogens is 2. The van der Waals surface area contributed by atoms with Crippen LogP contribution in [0.2, 0.25) is 10.0 Å². The van der Waals surface area contributed by atoms with E-state index in [4.69, 9.17) is 28.2 Å². The molecule has 0 aliphatic carbocycles. The van der Waals surface area contributed by atoms with Gasteiger partial charge in [0, 0.05) is 39.9 Å². The summed E-state index contributed by atoms with van der Waals surface area (Å²) in [5, 5.41) is 1.43. The molecule has 0 unspecified atom stereocenters. The fourth-order valence-electron chi connectivity index (χ4n) is 3.69. The number of rotatable bonds is 6. The summed E-state index contributed by atoms with van der Waals surface area (Å²) in [4.78, 5) is 7.28. The average Bonchev–Trinajstić information content (AvgIpc) is 2.81. The van der Waals surface area contributed by atoms with Gasteiger partial charge in [0.05, 0.1) is 11.4 Å². The maximum atomic E-state index is 6.10. The second-order valence-electron chi connectivity index (χ2n) is 7.36. The van der Waals surface area contributed by atoms with Crippen LogP contribution < -0.4 is 4.90 Å². The molecular formula is C27H24Cl2N2. The van der Waals surface area contributed by atoms with E-state index in [0.29, 0.717) is 10.0 Å². The van der Waals surface area contributed by atoms with E-state index in [-0.39, 0.29) is 0 Å². The number of benzene rings is 3. The first-order valence-corrected chi connectivity index (χ1v) is 11.2. The fraction of sp³-hybridized carbons (Fsp3) is 0.148. The highest BCUT2D eigenvalue weighted by Crippen LogP contribution is 2.32. The molecule has 4 aromatic rings. The first kappa shape index (κ1) is 21.4. The van der Waals surface area contributed by atoms with E-state index in [1.807, 2.05) is 48.5 Å². The van der Waals surface area contributed by atoms with Crippen molar-refractivity contribution in [2.75, 3.05) is 18.0 Å². The third-order valence-electron chi connectivity index (χ3n) is 5.43. The summed E-state index contributed by atoms with van der Waals surface area (Å²) in [5.74, 6) is 0. The lowest BCUT2D eigenvalue weighted by atomic mass is 9.99. The average molecular weight is 447 g/mol. The molecule has 0 N–H and O–H groups in total. The Balaban J connectivity index is 1.81. The van der Waals surface area contributed by atoms with E-state index >= 15 is 0 Å². The van der Waals surface area contributed by atoms with Crippen LogP contribution in [0.15, 0.2) is 84.9 Å². The predicted molar refractivity (Wildman–Crippen MR) is 134 cm³/mol. The summed E-state index contributed by atoms with van der Waals surface area (Å²) in [6.45, 7) is 6.34. The highest BCUT2D eigenvalue weighted by molar-refractivity contribution is 6.30. The predicted octanol–water partition coefficient (Wildman–Crippen LogP) is 8.24. The van der Waals surface area contributed by atoms with Crippen LogP contribution in [0.25, 0.3) is 33.6 Å². The Morgan fingerprint density at radius 3 is 1.42 bits per heavy atom. The van der Waals surface area contributed by atoms with Gasteiger partial charge in [-0.2, -0.15) is 0 Å². The zero-order valence-corrected chi connectivity index (χ0v) is 19.2. The molecule has 0 radical (unpaired) electrons. The van der Waals surface area contributed by atoms with Crippen LogP contribution >= 0.6 is 23.2 Å². The third-order valence-corrected chi connectivity index (χ3v) is 5.94. The zero-order chi connectivity index (χ0) is 21.8. The van der Waals surface area contributed by atoms with Crippen molar-refractivity contribution in [2.24, 2.45) is 0 Å². The second kappa shape index (κ2) is 9.55. The molecule has 0 aliphatic rings. The molecule has 0 spiro atoms. The Kier molecular flexibility index (Phi) is 6.60. The lowest BCUT2D eigenvalue weighted by Gasteiger charge is -2.21. The Bertz CT molecular complexity index is 1080. The van der Waals surface area contributed by atoms with E-state index in [0.717, 1.165) is 46.7 Å². The number of nitrogens with zero attached hydrogens (tertiary/aromatic N) is 2. The number of hydrogen-bond acceptors (Lipinski definition) is 2. The Morgan fingerprint density at radius 1 is 0.581 bits per heavy atom. The van der Waals surface area contributed by atoms with Crippen molar-refractivity contribution in [2.45, 2.75) is 13.8 Å². The Hall–Kier alpha value is -2.81. The molecule has 4 rings (SSSR count). The van der Waals surface area contributed by atoms with Crippen molar-refractivity contribution in [1.29, 1.82) is 0 Å². The second-order valence-corrected chi connectivity index (χ2v) is 8.23. The summed E-state index contributed by atoms with van der Waals surface area (Å²) in [6.07, 6.45) is 0. The molecule has 0 saturated carbocycles. The normalized spacial score (nSPS) is 10.8. The van der Waals surface area contributed by atoms with Gasteiger partial charge in [-0.05, 0) is 73.5 Å². The van der Waals surface area contributed by atoms with Gasteiger partial charge < -0.3 is 4.90 Å². The van der Waals surface area contributed by atoms with Crippen molar-refractivity contribution >= 4 is 28.9 Å². The maximum absolute atomic E-state index is 6.10. The molecule has 0 bridgehead atoms. The van der Waals surface area contributed by atoms with E-state index in [2.05, 4.69) is 55.1 Å². The molecule has 31 heavy (non-hydrogen) atoms. The monoisotopic (exact) mass is 446 g/mol. The van der Waals surface area contributed by atoms with Gasteiger partial charge >= 0.3 is 0 Å². The maximum Gasteiger partial charge on any atom is 0.0715 e. The summed E-state index contributed by atoms with van der Waals surface area (Å²) < 4.78 is 0. The number of pyridine rings is 1. The molecule has 1 aromatic heterocycles. The minimum Gasteiger partial charge on any atom is -0.372 e. The van der Waals surface area contributed by atoms with Crippen molar-refractivity contribution in [1.82, 2.24) is 4.98 Å². The van der Waals surface area contributed by atoms with Gasteiger partial charge in [0.15, 0.2) is 0 Å². The Morgan fingerprint density at radius 2 is 1.00 bits per heavy atom. The molecule has 3 aromatic carbocycles. The van der Waals surface area contributed by atoms with E-state index < -0.39 is 0 Å². The third kappa shape index (κ3) is 4.92. The molecule has 2 nitrogen and oxygen atoms in total. The lowest BCUT2D eigenvalue weighted by molar-refractivity contribution is 0.866. The smallest absolute Gasteiger partial charge is 0.0715 e. The van der Waals surface area contributed by atoms with Crippen LogP contribution in [0.3, 0.4) is 0 Å². The largest absolute Gasteiger partial charge is 0.372 e. The van der Waals surface area contributed by atoms with Gasteiger partial charge in [0.1, 0.15) is 0 Å². The number of anilines is 1. The molecule has 0 amide bonds. The number of hydrogen-bond donors (Lipinski definition) is 0.